The van der Waals surface area contributed by atoms with Crippen LogP contribution in [0.1, 0.15) is 180 Å². The molecular weight excluding hydrogens is 894 g/mol. The van der Waals surface area contributed by atoms with Gasteiger partial charge < -0.3 is 14.7 Å². The number of aryl methyl sites for hydroxylation is 1. The molecule has 0 atom stereocenters. The van der Waals surface area contributed by atoms with Gasteiger partial charge in [-0.15, -0.1) is 0 Å². The highest BCUT2D eigenvalue weighted by Gasteiger charge is 2.50. The van der Waals surface area contributed by atoms with Crippen molar-refractivity contribution >= 4 is 74.3 Å². The SMILES string of the molecule is Cc1cc2c(cc1N1c3cc4c(cc3B3c5ccc(N(c6ccccc6)c6ccccc6)cc5N(c5ccc6c(c5C)C(C)(C)CC6(C)C)c5cc(C(C)(C)C)cc1c53)C(C)(C)CCC4(C)C)C(C)(C)CC2(C)C. The molecule has 0 saturated heterocycles. The second-order valence-electron chi connectivity index (χ2n) is 28.5. The average Bonchev–Trinajstić information content (AvgIpc) is 3.64. The summed E-state index contributed by atoms with van der Waals surface area (Å²) in [4.78, 5) is 7.94. The van der Waals surface area contributed by atoms with Crippen molar-refractivity contribution in [1.82, 2.24) is 0 Å². The zero-order valence-electron chi connectivity index (χ0n) is 47.9. The summed E-state index contributed by atoms with van der Waals surface area (Å²) in [5.74, 6) is 0. The van der Waals surface area contributed by atoms with Gasteiger partial charge in [0, 0.05) is 51.2 Å². The Labute approximate surface area is 445 Å². The molecule has 378 valence electrons. The molecule has 0 fully saturated rings. The van der Waals surface area contributed by atoms with E-state index in [0.29, 0.717) is 0 Å². The van der Waals surface area contributed by atoms with Crippen molar-refractivity contribution in [2.45, 2.75) is 181 Å². The van der Waals surface area contributed by atoms with Gasteiger partial charge >= 0.3 is 0 Å². The van der Waals surface area contributed by atoms with E-state index in [4.69, 9.17) is 0 Å². The first-order valence-electron chi connectivity index (χ1n) is 27.9. The minimum atomic E-state index is -0.141. The van der Waals surface area contributed by atoms with E-state index in [1.165, 1.54) is 113 Å². The molecule has 0 aromatic heterocycles. The molecule has 0 spiro atoms. The van der Waals surface area contributed by atoms with Crippen LogP contribution in [0.25, 0.3) is 0 Å². The standard InChI is InChI=1S/C70H80BN3/c1-43-34-50-53(69(14,15)41-68(50,12)13)39-57(43)74-59-40-52-51(65(6,7)32-33-66(52,8)9)38-55(59)71-54-30-28-48(72(46-24-20-18-21-25-46)47-26-22-19-23-27-47)37-58(54)73(60-35-45(64(3,4)5)36-61(74)63(60)71)56-31-29-49-62(44(56)2)70(16,17)42-67(49,10)11/h18-31,34-40H,32-33,41-42H2,1-17H3. The number of rotatable bonds is 5. The van der Waals surface area contributed by atoms with Crippen LogP contribution in [0.3, 0.4) is 0 Å². The molecule has 7 aromatic carbocycles. The van der Waals surface area contributed by atoms with E-state index >= 15 is 0 Å². The molecule has 2 aliphatic heterocycles. The number of hydrogen-bond acceptors (Lipinski definition) is 3. The Bertz CT molecular complexity index is 3430. The lowest BCUT2D eigenvalue weighted by molar-refractivity contribution is 0.332. The summed E-state index contributed by atoms with van der Waals surface area (Å²) in [6.45, 7) is 41.8. The van der Waals surface area contributed by atoms with E-state index in [0.717, 1.165) is 29.9 Å². The molecule has 2 heterocycles. The van der Waals surface area contributed by atoms with Crippen molar-refractivity contribution in [2.75, 3.05) is 14.7 Å². The molecule has 0 amide bonds. The van der Waals surface area contributed by atoms with Crippen molar-refractivity contribution in [3.8, 4) is 0 Å². The highest BCUT2D eigenvalue weighted by molar-refractivity contribution is 7.00. The number of para-hydroxylation sites is 2. The molecule has 74 heavy (non-hydrogen) atoms. The summed E-state index contributed by atoms with van der Waals surface area (Å²) in [5.41, 5.74) is 28.6. The van der Waals surface area contributed by atoms with Gasteiger partial charge in [-0.1, -0.05) is 165 Å². The molecule has 0 unspecified atom stereocenters. The predicted molar refractivity (Wildman–Crippen MR) is 320 cm³/mol. The van der Waals surface area contributed by atoms with Crippen LogP contribution in [-0.2, 0) is 37.9 Å². The molecule has 3 aliphatic carbocycles. The molecule has 3 nitrogen and oxygen atoms in total. The topological polar surface area (TPSA) is 9.72 Å². The maximum absolute atomic E-state index is 2.76. The quantitative estimate of drug-likeness (QED) is 0.159. The van der Waals surface area contributed by atoms with Crippen LogP contribution in [-0.4, -0.2) is 6.71 Å². The first-order valence-corrected chi connectivity index (χ1v) is 27.9. The van der Waals surface area contributed by atoms with Gasteiger partial charge in [-0.25, -0.2) is 0 Å². The summed E-state index contributed by atoms with van der Waals surface area (Å²) in [6.07, 6.45) is 4.59. The van der Waals surface area contributed by atoms with Gasteiger partial charge in [-0.05, 0) is 211 Å². The molecule has 7 aromatic rings. The first-order chi connectivity index (χ1) is 34.6. The predicted octanol–water partition coefficient (Wildman–Crippen LogP) is 17.4. The van der Waals surface area contributed by atoms with Crippen LogP contribution in [0.2, 0.25) is 0 Å². The smallest absolute Gasteiger partial charge is 0.252 e. The molecule has 0 saturated carbocycles. The molecule has 5 aliphatic rings. The van der Waals surface area contributed by atoms with Gasteiger partial charge in [0.2, 0.25) is 0 Å². The summed E-state index contributed by atoms with van der Waals surface area (Å²) in [6, 6.07) is 50.1. The van der Waals surface area contributed by atoms with Gasteiger partial charge in [-0.3, -0.25) is 0 Å². The highest BCUT2D eigenvalue weighted by atomic mass is 15.2. The van der Waals surface area contributed by atoms with Crippen molar-refractivity contribution in [2.24, 2.45) is 0 Å². The van der Waals surface area contributed by atoms with Crippen molar-refractivity contribution < 1.29 is 0 Å². The number of fused-ring (bicyclic) bond motifs is 7. The third kappa shape index (κ3) is 7.19. The highest BCUT2D eigenvalue weighted by Crippen LogP contribution is 2.57. The lowest BCUT2D eigenvalue weighted by atomic mass is 9.33. The van der Waals surface area contributed by atoms with Crippen LogP contribution in [0.5, 0.6) is 0 Å². The molecular formula is C70H80BN3. The lowest BCUT2D eigenvalue weighted by Gasteiger charge is -2.48. The van der Waals surface area contributed by atoms with E-state index in [1.54, 1.807) is 0 Å². The number of hydrogen-bond donors (Lipinski definition) is 0. The second kappa shape index (κ2) is 15.8. The van der Waals surface area contributed by atoms with Gasteiger partial charge in [0.25, 0.3) is 6.71 Å². The maximum Gasteiger partial charge on any atom is 0.252 e. The minimum Gasteiger partial charge on any atom is -0.311 e. The third-order valence-corrected chi connectivity index (χ3v) is 19.1. The van der Waals surface area contributed by atoms with Crippen LogP contribution in [0.4, 0.5) is 51.2 Å². The fraction of sp³-hybridized carbons (Fsp3) is 0.400. The molecule has 12 rings (SSSR count). The van der Waals surface area contributed by atoms with E-state index in [9.17, 15) is 0 Å². The number of anilines is 9. The van der Waals surface area contributed by atoms with Crippen molar-refractivity contribution in [3.05, 3.63) is 177 Å². The van der Waals surface area contributed by atoms with E-state index in [1.807, 2.05) is 0 Å². The Balaban J connectivity index is 1.23. The second-order valence-corrected chi connectivity index (χ2v) is 28.5. The summed E-state index contributed by atoms with van der Waals surface area (Å²) in [5, 5.41) is 0. The first kappa shape index (κ1) is 48.9. The minimum absolute atomic E-state index is 0.0103. The average molecular weight is 974 g/mol. The molecule has 4 heteroatoms. The zero-order valence-corrected chi connectivity index (χ0v) is 47.9. The molecule has 0 radical (unpaired) electrons. The summed E-state index contributed by atoms with van der Waals surface area (Å²) < 4.78 is 0. The summed E-state index contributed by atoms with van der Waals surface area (Å²) in [7, 11) is 0. The zero-order chi connectivity index (χ0) is 52.6. The van der Waals surface area contributed by atoms with Crippen LogP contribution in [0.15, 0.2) is 127 Å². The number of nitrogens with zero attached hydrogens (tertiary/aromatic N) is 3. The normalized spacial score (nSPS) is 19.5. The Morgan fingerprint density at radius 2 is 0.905 bits per heavy atom. The van der Waals surface area contributed by atoms with Crippen LogP contribution in [0, 0.1) is 13.8 Å². The molecule has 0 N–H and O–H groups in total. The van der Waals surface area contributed by atoms with E-state index in [-0.39, 0.29) is 44.6 Å². The van der Waals surface area contributed by atoms with E-state index in [2.05, 4.69) is 260 Å². The number of benzene rings is 7. The molecule has 0 bridgehead atoms. The maximum atomic E-state index is 2.76. The lowest BCUT2D eigenvalue weighted by Crippen LogP contribution is -2.62. The van der Waals surface area contributed by atoms with Crippen molar-refractivity contribution in [3.63, 3.8) is 0 Å². The van der Waals surface area contributed by atoms with Gasteiger partial charge in [0.05, 0.1) is 0 Å². The Morgan fingerprint density at radius 1 is 0.419 bits per heavy atom. The monoisotopic (exact) mass is 974 g/mol. The van der Waals surface area contributed by atoms with Crippen molar-refractivity contribution in [1.29, 1.82) is 0 Å². The third-order valence-electron chi connectivity index (χ3n) is 19.1. The van der Waals surface area contributed by atoms with E-state index < -0.39 is 0 Å². The van der Waals surface area contributed by atoms with Crippen LogP contribution >= 0.6 is 0 Å². The summed E-state index contributed by atoms with van der Waals surface area (Å²) >= 11 is 0. The van der Waals surface area contributed by atoms with Gasteiger partial charge in [-0.2, -0.15) is 0 Å². The fourth-order valence-corrected chi connectivity index (χ4v) is 15.8. The van der Waals surface area contributed by atoms with Gasteiger partial charge in [0.1, 0.15) is 0 Å². The Kier molecular flexibility index (Phi) is 10.4. The van der Waals surface area contributed by atoms with Gasteiger partial charge in [0.15, 0.2) is 0 Å². The van der Waals surface area contributed by atoms with Crippen LogP contribution < -0.4 is 31.1 Å². The largest absolute Gasteiger partial charge is 0.311 e. The fourth-order valence-electron chi connectivity index (χ4n) is 15.8. The Hall–Kier alpha value is -6.00. The Morgan fingerprint density at radius 3 is 1.49 bits per heavy atom.